The van der Waals surface area contributed by atoms with Crippen molar-refractivity contribution in [2.24, 2.45) is 0 Å². The molecule has 1 aromatic carbocycles. The highest BCUT2D eigenvalue weighted by Gasteiger charge is 2.45. The number of hydrogen-bond donors (Lipinski definition) is 2. The van der Waals surface area contributed by atoms with Gasteiger partial charge in [0.2, 0.25) is 0 Å². The number of halogens is 1. The summed E-state index contributed by atoms with van der Waals surface area (Å²) in [6.07, 6.45) is 0. The summed E-state index contributed by atoms with van der Waals surface area (Å²) in [5.74, 6) is 0. The van der Waals surface area contributed by atoms with Gasteiger partial charge in [-0.05, 0) is 35.6 Å². The standard InChI is InChI=1S/C15H15BrN2O2S/c1-10-6-21-7-13(10)17-14(19)18-8-15(20,9-18)11-3-2-4-12(16)5-11/h2-7,20H,8-9H2,1H3,(H,17,19). The number of carbonyl (C=O) groups excluding carboxylic acids is 1. The van der Waals surface area contributed by atoms with E-state index in [9.17, 15) is 9.90 Å². The van der Waals surface area contributed by atoms with Gasteiger partial charge in [-0.2, -0.15) is 0 Å². The summed E-state index contributed by atoms with van der Waals surface area (Å²) >= 11 is 4.95. The van der Waals surface area contributed by atoms with E-state index < -0.39 is 5.60 Å². The number of benzene rings is 1. The number of urea groups is 1. The van der Waals surface area contributed by atoms with Crippen molar-refractivity contribution in [1.82, 2.24) is 4.90 Å². The molecule has 0 unspecified atom stereocenters. The van der Waals surface area contributed by atoms with Crippen LogP contribution in [0.15, 0.2) is 39.5 Å². The summed E-state index contributed by atoms with van der Waals surface area (Å²) in [7, 11) is 0. The second-order valence-corrected chi connectivity index (χ2v) is 6.96. The first-order valence-electron chi connectivity index (χ1n) is 6.55. The van der Waals surface area contributed by atoms with Crippen molar-refractivity contribution in [3.05, 3.63) is 50.6 Å². The molecule has 2 amide bonds. The number of aliphatic hydroxyl groups is 1. The maximum absolute atomic E-state index is 12.1. The normalized spacial score (nSPS) is 16.4. The molecule has 3 rings (SSSR count). The van der Waals surface area contributed by atoms with E-state index in [1.54, 1.807) is 16.2 Å². The van der Waals surface area contributed by atoms with Gasteiger partial charge in [0.1, 0.15) is 5.60 Å². The Kier molecular flexibility index (Phi) is 3.77. The summed E-state index contributed by atoms with van der Waals surface area (Å²) in [5.41, 5.74) is 1.76. The number of rotatable bonds is 2. The van der Waals surface area contributed by atoms with Gasteiger partial charge < -0.3 is 15.3 Å². The molecule has 2 aromatic rings. The highest BCUT2D eigenvalue weighted by molar-refractivity contribution is 9.10. The predicted molar refractivity (Wildman–Crippen MR) is 87.7 cm³/mol. The van der Waals surface area contributed by atoms with E-state index in [2.05, 4.69) is 21.2 Å². The molecule has 0 bridgehead atoms. The molecule has 4 nitrogen and oxygen atoms in total. The maximum atomic E-state index is 12.1. The average Bonchev–Trinajstić information content (AvgIpc) is 2.80. The lowest BCUT2D eigenvalue weighted by atomic mass is 9.86. The molecule has 0 radical (unpaired) electrons. The van der Waals surface area contributed by atoms with Gasteiger partial charge in [-0.15, -0.1) is 11.3 Å². The lowest BCUT2D eigenvalue weighted by molar-refractivity contribution is -0.0793. The highest BCUT2D eigenvalue weighted by atomic mass is 79.9. The minimum atomic E-state index is -0.954. The molecule has 1 aromatic heterocycles. The van der Waals surface area contributed by atoms with Gasteiger partial charge >= 0.3 is 6.03 Å². The number of β-amino-alcohol motifs (C(OH)–C–C–N with tert-alkyl or cyclic N) is 1. The van der Waals surface area contributed by atoms with Crippen LogP contribution in [0.5, 0.6) is 0 Å². The molecule has 0 atom stereocenters. The Bertz CT molecular complexity index is 680. The van der Waals surface area contributed by atoms with Gasteiger partial charge in [0.15, 0.2) is 0 Å². The number of anilines is 1. The molecule has 1 saturated heterocycles. The van der Waals surface area contributed by atoms with Crippen LogP contribution in [0.25, 0.3) is 0 Å². The first kappa shape index (κ1) is 14.6. The highest BCUT2D eigenvalue weighted by Crippen LogP contribution is 2.33. The maximum Gasteiger partial charge on any atom is 0.322 e. The van der Waals surface area contributed by atoms with Crippen molar-refractivity contribution >= 4 is 39.0 Å². The fourth-order valence-electron chi connectivity index (χ4n) is 2.37. The molecule has 2 N–H and O–H groups in total. The Morgan fingerprint density at radius 1 is 1.43 bits per heavy atom. The molecule has 2 heterocycles. The third kappa shape index (κ3) is 2.84. The van der Waals surface area contributed by atoms with Crippen molar-refractivity contribution in [2.75, 3.05) is 18.4 Å². The van der Waals surface area contributed by atoms with Crippen LogP contribution in [0.4, 0.5) is 10.5 Å². The third-order valence-electron chi connectivity index (χ3n) is 3.65. The second-order valence-electron chi connectivity index (χ2n) is 5.30. The van der Waals surface area contributed by atoms with Crippen molar-refractivity contribution in [1.29, 1.82) is 0 Å². The molecule has 0 aliphatic carbocycles. The van der Waals surface area contributed by atoms with Crippen molar-refractivity contribution in [3.8, 4) is 0 Å². The summed E-state index contributed by atoms with van der Waals surface area (Å²) in [6, 6.07) is 7.39. The number of thiophene rings is 1. The number of amides is 2. The third-order valence-corrected chi connectivity index (χ3v) is 5.01. The quantitative estimate of drug-likeness (QED) is 0.853. The second kappa shape index (κ2) is 5.44. The zero-order valence-electron chi connectivity index (χ0n) is 11.5. The van der Waals surface area contributed by atoms with E-state index in [1.165, 1.54) is 0 Å². The van der Waals surface area contributed by atoms with E-state index in [1.807, 2.05) is 41.9 Å². The molecule has 0 saturated carbocycles. The van der Waals surface area contributed by atoms with Crippen LogP contribution in [0.1, 0.15) is 11.1 Å². The van der Waals surface area contributed by atoms with Gasteiger partial charge in [-0.25, -0.2) is 4.79 Å². The topological polar surface area (TPSA) is 52.6 Å². The number of nitrogens with zero attached hydrogens (tertiary/aromatic N) is 1. The SMILES string of the molecule is Cc1cscc1NC(=O)N1CC(O)(c2cccc(Br)c2)C1. The summed E-state index contributed by atoms with van der Waals surface area (Å²) < 4.78 is 0.922. The zero-order chi connectivity index (χ0) is 15.0. The van der Waals surface area contributed by atoms with E-state index in [-0.39, 0.29) is 6.03 Å². The van der Waals surface area contributed by atoms with E-state index in [4.69, 9.17) is 0 Å². The molecular weight excluding hydrogens is 352 g/mol. The molecule has 110 valence electrons. The number of likely N-dealkylation sites (tertiary alicyclic amines) is 1. The van der Waals surface area contributed by atoms with Crippen LogP contribution >= 0.6 is 27.3 Å². The molecule has 1 aliphatic rings. The molecule has 6 heteroatoms. The average molecular weight is 367 g/mol. The Balaban J connectivity index is 1.65. The smallest absolute Gasteiger partial charge is 0.322 e. The van der Waals surface area contributed by atoms with Gasteiger partial charge in [0.25, 0.3) is 0 Å². The number of aryl methyl sites for hydroxylation is 1. The van der Waals surface area contributed by atoms with E-state index in [0.717, 1.165) is 21.3 Å². The van der Waals surface area contributed by atoms with Crippen LogP contribution in [0.2, 0.25) is 0 Å². The summed E-state index contributed by atoms with van der Waals surface area (Å²) in [4.78, 5) is 13.7. The Hall–Kier alpha value is -1.37. The van der Waals surface area contributed by atoms with Crippen LogP contribution in [0, 0.1) is 6.92 Å². The first-order chi connectivity index (χ1) is 9.98. The number of carbonyl (C=O) groups is 1. The van der Waals surface area contributed by atoms with Gasteiger partial charge in [0, 0.05) is 9.85 Å². The van der Waals surface area contributed by atoms with Crippen LogP contribution in [-0.2, 0) is 5.60 Å². The number of hydrogen-bond acceptors (Lipinski definition) is 3. The minimum absolute atomic E-state index is 0.170. The fraction of sp³-hybridized carbons (Fsp3) is 0.267. The molecule has 0 spiro atoms. The van der Waals surface area contributed by atoms with Crippen LogP contribution in [-0.4, -0.2) is 29.1 Å². The predicted octanol–water partition coefficient (Wildman–Crippen LogP) is 3.55. The summed E-state index contributed by atoms with van der Waals surface area (Å²) in [6.45, 7) is 2.57. The Morgan fingerprint density at radius 3 is 2.81 bits per heavy atom. The van der Waals surface area contributed by atoms with E-state index >= 15 is 0 Å². The fourth-order valence-corrected chi connectivity index (χ4v) is 3.55. The number of nitrogens with one attached hydrogen (secondary N) is 1. The molecule has 21 heavy (non-hydrogen) atoms. The van der Waals surface area contributed by atoms with Crippen molar-refractivity contribution < 1.29 is 9.90 Å². The first-order valence-corrected chi connectivity index (χ1v) is 8.29. The lowest BCUT2D eigenvalue weighted by Gasteiger charge is -2.46. The lowest BCUT2D eigenvalue weighted by Crippen LogP contribution is -2.62. The van der Waals surface area contributed by atoms with E-state index in [0.29, 0.717) is 13.1 Å². The molecular formula is C15H15BrN2O2S. The van der Waals surface area contributed by atoms with Crippen molar-refractivity contribution in [2.45, 2.75) is 12.5 Å². The van der Waals surface area contributed by atoms with Gasteiger partial charge in [-0.3, -0.25) is 0 Å². The molecule has 1 aliphatic heterocycles. The zero-order valence-corrected chi connectivity index (χ0v) is 13.9. The largest absolute Gasteiger partial charge is 0.381 e. The monoisotopic (exact) mass is 366 g/mol. The van der Waals surface area contributed by atoms with Crippen LogP contribution < -0.4 is 5.32 Å². The molecule has 1 fully saturated rings. The Labute approximate surface area is 135 Å². The van der Waals surface area contributed by atoms with Gasteiger partial charge in [0.05, 0.1) is 18.8 Å². The van der Waals surface area contributed by atoms with Crippen molar-refractivity contribution in [3.63, 3.8) is 0 Å². The minimum Gasteiger partial charge on any atom is -0.381 e. The summed E-state index contributed by atoms with van der Waals surface area (Å²) in [5, 5.41) is 17.3. The Morgan fingerprint density at radius 2 is 2.19 bits per heavy atom. The van der Waals surface area contributed by atoms with Gasteiger partial charge in [-0.1, -0.05) is 28.1 Å². The van der Waals surface area contributed by atoms with Crippen LogP contribution in [0.3, 0.4) is 0 Å².